The Morgan fingerprint density at radius 2 is 1.88 bits per heavy atom. The van der Waals surface area contributed by atoms with Gasteiger partial charge in [0, 0.05) is 55.8 Å². The van der Waals surface area contributed by atoms with Crippen LogP contribution in [0, 0.1) is 6.57 Å². The zero-order valence-corrected chi connectivity index (χ0v) is 23.7. The van der Waals surface area contributed by atoms with Gasteiger partial charge in [0.1, 0.15) is 5.75 Å². The fourth-order valence-corrected chi connectivity index (χ4v) is 5.06. The molecular formula is C31H32F3N7O2. The Hall–Kier alpha value is -4.63. The minimum Gasteiger partial charge on any atom is -0.486 e. The number of aromatic nitrogens is 3. The van der Waals surface area contributed by atoms with E-state index in [4.69, 9.17) is 17.0 Å². The number of aryl methyl sites for hydroxylation is 1. The molecule has 1 amide bonds. The minimum atomic E-state index is -3.70. The number of H-pyrrole nitrogens is 1. The number of carbonyl (C=O) groups excluding carboxylic acids is 1. The summed E-state index contributed by atoms with van der Waals surface area (Å²) in [5, 5.41) is 1.11. The number of nitrogens with zero attached hydrogens (tertiary/aromatic N) is 5. The van der Waals surface area contributed by atoms with Gasteiger partial charge in [0.25, 0.3) is 5.91 Å². The molecule has 2 aromatic carbocycles. The van der Waals surface area contributed by atoms with Crippen LogP contribution in [-0.4, -0.2) is 77.2 Å². The molecular weight excluding hydrogens is 559 g/mol. The van der Waals surface area contributed by atoms with Crippen LogP contribution < -0.4 is 15.4 Å². The third kappa shape index (κ3) is 6.89. The number of nitrogens with two attached hydrogens (primary N) is 1. The molecule has 0 saturated carbocycles. The number of ether oxygens (including phenoxy) is 1. The van der Waals surface area contributed by atoms with E-state index >= 15 is 0 Å². The number of primary amides is 1. The molecule has 3 heterocycles. The number of anilines is 1. The molecule has 0 bridgehead atoms. The predicted octanol–water partition coefficient (Wildman–Crippen LogP) is 5.40. The van der Waals surface area contributed by atoms with Gasteiger partial charge in [-0.1, -0.05) is 12.1 Å². The maximum atomic E-state index is 13.7. The Kier molecular flexibility index (Phi) is 8.82. The van der Waals surface area contributed by atoms with Crippen molar-refractivity contribution in [2.75, 3.05) is 44.2 Å². The fraction of sp³-hybridized carbons (Fsp3) is 0.355. The first-order chi connectivity index (χ1) is 20.6. The number of halogens is 3. The second-order valence-electron chi connectivity index (χ2n) is 10.6. The zero-order chi connectivity index (χ0) is 30.6. The largest absolute Gasteiger partial charge is 0.486 e. The third-order valence-electron chi connectivity index (χ3n) is 7.67. The molecule has 0 spiro atoms. The standard InChI is InChI=1S/C31H32F3N7O2/c1-20(32)31(33,34)19-43-28-8-5-21(14-26(28)29(35)42)23-17-38-30(39-18-23)41-12-10-40(11-13-41)9-3-4-22-16-37-27-7-6-24(36-2)15-25(22)27/h5-8,14-18,20,37H,3-4,9-13,19H2,1H3,(H2,35,42). The summed E-state index contributed by atoms with van der Waals surface area (Å²) in [6.45, 7) is 11.1. The highest BCUT2D eigenvalue weighted by atomic mass is 19.3. The number of carbonyl (C=O) groups is 1. The Labute approximate surface area is 247 Å². The maximum absolute atomic E-state index is 13.7. The SMILES string of the molecule is [C-]#[N+]c1ccc2[nH]cc(CCCN3CCN(c4ncc(-c5ccc(OCC(F)(F)C(C)F)c(C(N)=O)c5)cn4)CC3)c2c1. The summed E-state index contributed by atoms with van der Waals surface area (Å²) < 4.78 is 45.5. The van der Waals surface area contributed by atoms with Crippen molar-refractivity contribution in [3.8, 4) is 16.9 Å². The molecule has 2 aromatic heterocycles. The molecule has 9 nitrogen and oxygen atoms in total. The smallest absolute Gasteiger partial charge is 0.311 e. The van der Waals surface area contributed by atoms with Crippen molar-refractivity contribution < 1.29 is 22.7 Å². The normalized spacial score (nSPS) is 14.9. The van der Waals surface area contributed by atoms with E-state index in [1.54, 1.807) is 18.5 Å². The average molecular weight is 592 g/mol. The van der Waals surface area contributed by atoms with Crippen molar-refractivity contribution in [3.63, 3.8) is 0 Å². The highest BCUT2D eigenvalue weighted by molar-refractivity contribution is 5.97. The van der Waals surface area contributed by atoms with Crippen molar-refractivity contribution in [2.45, 2.75) is 31.9 Å². The number of aromatic amines is 1. The zero-order valence-electron chi connectivity index (χ0n) is 23.7. The van der Waals surface area contributed by atoms with E-state index in [0.29, 0.717) is 22.8 Å². The lowest BCUT2D eigenvalue weighted by Crippen LogP contribution is -2.47. The fourth-order valence-electron chi connectivity index (χ4n) is 5.06. The van der Waals surface area contributed by atoms with Crippen LogP contribution in [0.3, 0.4) is 0 Å². The predicted molar refractivity (Wildman–Crippen MR) is 159 cm³/mol. The lowest BCUT2D eigenvalue weighted by Gasteiger charge is -2.34. The van der Waals surface area contributed by atoms with Gasteiger partial charge in [0.2, 0.25) is 5.95 Å². The van der Waals surface area contributed by atoms with Gasteiger partial charge in [-0.2, -0.15) is 8.78 Å². The summed E-state index contributed by atoms with van der Waals surface area (Å²) in [6, 6.07) is 10.1. The molecule has 1 fully saturated rings. The Morgan fingerprint density at radius 1 is 1.14 bits per heavy atom. The molecule has 1 aliphatic heterocycles. The summed E-state index contributed by atoms with van der Waals surface area (Å²) in [5.74, 6) is -4.12. The van der Waals surface area contributed by atoms with Crippen LogP contribution in [-0.2, 0) is 6.42 Å². The summed E-state index contributed by atoms with van der Waals surface area (Å²) in [7, 11) is 0. The quantitative estimate of drug-likeness (QED) is 0.226. The monoisotopic (exact) mass is 591 g/mol. The van der Waals surface area contributed by atoms with Crippen LogP contribution in [0.15, 0.2) is 55.0 Å². The average Bonchev–Trinajstić information content (AvgIpc) is 3.42. The van der Waals surface area contributed by atoms with E-state index in [1.807, 2.05) is 24.4 Å². The third-order valence-corrected chi connectivity index (χ3v) is 7.67. The van der Waals surface area contributed by atoms with Crippen molar-refractivity contribution in [1.29, 1.82) is 0 Å². The molecule has 1 atom stereocenters. The van der Waals surface area contributed by atoms with E-state index in [2.05, 4.69) is 29.6 Å². The van der Waals surface area contributed by atoms with Gasteiger partial charge in [0.15, 0.2) is 18.5 Å². The van der Waals surface area contributed by atoms with Crippen molar-refractivity contribution >= 4 is 28.4 Å². The first kappa shape index (κ1) is 29.8. The summed E-state index contributed by atoms with van der Waals surface area (Å²) in [4.78, 5) is 32.4. The summed E-state index contributed by atoms with van der Waals surface area (Å²) in [5.41, 5.74) is 9.44. The number of piperazine rings is 1. The molecule has 12 heteroatoms. The van der Waals surface area contributed by atoms with Crippen LogP contribution in [0.5, 0.6) is 5.75 Å². The van der Waals surface area contributed by atoms with Gasteiger partial charge in [-0.3, -0.25) is 9.69 Å². The van der Waals surface area contributed by atoms with Gasteiger partial charge < -0.3 is 20.4 Å². The molecule has 0 radical (unpaired) electrons. The molecule has 224 valence electrons. The number of amides is 1. The minimum absolute atomic E-state index is 0.0992. The lowest BCUT2D eigenvalue weighted by atomic mass is 10.0. The maximum Gasteiger partial charge on any atom is 0.311 e. The second-order valence-corrected chi connectivity index (χ2v) is 10.6. The number of fused-ring (bicyclic) bond motifs is 1. The second kappa shape index (κ2) is 12.7. The van der Waals surface area contributed by atoms with E-state index in [-0.39, 0.29) is 11.3 Å². The Bertz CT molecular complexity index is 1620. The van der Waals surface area contributed by atoms with Crippen LogP contribution in [0.25, 0.3) is 26.9 Å². The Morgan fingerprint density at radius 3 is 2.56 bits per heavy atom. The van der Waals surface area contributed by atoms with Gasteiger partial charge in [-0.05, 0) is 67.1 Å². The van der Waals surface area contributed by atoms with Crippen molar-refractivity contribution in [2.24, 2.45) is 5.73 Å². The molecule has 3 N–H and O–H groups in total. The van der Waals surface area contributed by atoms with E-state index < -0.39 is 24.6 Å². The lowest BCUT2D eigenvalue weighted by molar-refractivity contribution is -0.0941. The number of rotatable bonds is 11. The van der Waals surface area contributed by atoms with Crippen molar-refractivity contribution in [3.05, 3.63) is 77.5 Å². The van der Waals surface area contributed by atoms with Gasteiger partial charge in [-0.25, -0.2) is 19.2 Å². The first-order valence-corrected chi connectivity index (χ1v) is 14.0. The number of alkyl halides is 3. The van der Waals surface area contributed by atoms with E-state index in [1.165, 1.54) is 17.7 Å². The van der Waals surface area contributed by atoms with E-state index in [0.717, 1.165) is 63.4 Å². The molecule has 1 aliphatic rings. The highest BCUT2D eigenvalue weighted by Gasteiger charge is 2.38. The molecule has 1 saturated heterocycles. The topological polar surface area (TPSA) is 105 Å². The van der Waals surface area contributed by atoms with Crippen molar-refractivity contribution in [1.82, 2.24) is 19.9 Å². The summed E-state index contributed by atoms with van der Waals surface area (Å²) in [6.07, 6.45) is 4.84. The summed E-state index contributed by atoms with van der Waals surface area (Å²) >= 11 is 0. The van der Waals surface area contributed by atoms with Crippen LogP contribution in [0.2, 0.25) is 0 Å². The van der Waals surface area contributed by atoms with Crippen LogP contribution in [0.1, 0.15) is 29.3 Å². The molecule has 43 heavy (non-hydrogen) atoms. The molecule has 1 unspecified atom stereocenters. The van der Waals surface area contributed by atoms with Gasteiger partial charge in [-0.15, -0.1) is 0 Å². The van der Waals surface area contributed by atoms with Crippen LogP contribution in [0.4, 0.5) is 24.8 Å². The highest BCUT2D eigenvalue weighted by Crippen LogP contribution is 2.29. The first-order valence-electron chi connectivity index (χ1n) is 14.0. The number of hydrogen-bond acceptors (Lipinski definition) is 6. The number of hydrogen-bond donors (Lipinski definition) is 2. The molecule has 5 rings (SSSR count). The number of nitrogens with one attached hydrogen (secondary N) is 1. The molecule has 4 aromatic rings. The van der Waals surface area contributed by atoms with Gasteiger partial charge >= 0.3 is 5.92 Å². The number of benzene rings is 2. The Balaban J connectivity index is 1.14. The van der Waals surface area contributed by atoms with E-state index in [9.17, 15) is 18.0 Å². The molecule has 0 aliphatic carbocycles. The van der Waals surface area contributed by atoms with Crippen LogP contribution >= 0.6 is 0 Å². The van der Waals surface area contributed by atoms with Gasteiger partial charge in [0.05, 0.1) is 12.1 Å².